The Bertz CT molecular complexity index is 1000. The van der Waals surface area contributed by atoms with E-state index in [9.17, 15) is 14.0 Å². The van der Waals surface area contributed by atoms with Gasteiger partial charge in [-0.2, -0.15) is 0 Å². The third kappa shape index (κ3) is 5.41. The van der Waals surface area contributed by atoms with E-state index in [0.717, 1.165) is 62.1 Å². The second-order valence-corrected chi connectivity index (χ2v) is 9.54. The van der Waals surface area contributed by atoms with Gasteiger partial charge >= 0.3 is 0 Å². The fourth-order valence-corrected chi connectivity index (χ4v) is 5.23. The van der Waals surface area contributed by atoms with Crippen molar-refractivity contribution in [2.75, 3.05) is 26.7 Å². The molecule has 176 valence electrons. The van der Waals surface area contributed by atoms with E-state index in [2.05, 4.69) is 22.2 Å². The summed E-state index contributed by atoms with van der Waals surface area (Å²) in [6.07, 6.45) is 5.72. The minimum atomic E-state index is -0.519. The van der Waals surface area contributed by atoms with Gasteiger partial charge in [0.15, 0.2) is 0 Å². The molecule has 0 aliphatic carbocycles. The fraction of sp³-hybridized carbons (Fsp3) is 0.500. The van der Waals surface area contributed by atoms with E-state index in [1.54, 1.807) is 18.3 Å². The third-order valence-electron chi connectivity index (χ3n) is 7.09. The van der Waals surface area contributed by atoms with Crippen LogP contribution in [-0.4, -0.2) is 53.3 Å². The molecular formula is C26H33FN4O2. The van der Waals surface area contributed by atoms with Gasteiger partial charge in [0.1, 0.15) is 5.82 Å². The Balaban J connectivity index is 1.59. The Kier molecular flexibility index (Phi) is 7.08. The molecule has 2 aliphatic heterocycles. The van der Waals surface area contributed by atoms with E-state index in [0.29, 0.717) is 13.0 Å². The molecule has 1 N–H and O–H groups in total. The van der Waals surface area contributed by atoms with Gasteiger partial charge in [-0.3, -0.25) is 14.6 Å². The first-order valence-corrected chi connectivity index (χ1v) is 11.8. The molecule has 3 heterocycles. The predicted molar refractivity (Wildman–Crippen MR) is 125 cm³/mol. The van der Waals surface area contributed by atoms with Crippen molar-refractivity contribution in [3.8, 4) is 0 Å². The summed E-state index contributed by atoms with van der Waals surface area (Å²) in [5, 5.41) is 2.79. The molecule has 0 spiro atoms. The van der Waals surface area contributed by atoms with Crippen LogP contribution < -0.4 is 5.32 Å². The zero-order valence-electron chi connectivity index (χ0n) is 19.5. The second-order valence-electron chi connectivity index (χ2n) is 9.54. The number of hydrogen-bond donors (Lipinski definition) is 1. The Labute approximate surface area is 195 Å². The van der Waals surface area contributed by atoms with Crippen molar-refractivity contribution in [1.29, 1.82) is 0 Å². The van der Waals surface area contributed by atoms with Crippen LogP contribution in [0.5, 0.6) is 0 Å². The Morgan fingerprint density at radius 1 is 1.18 bits per heavy atom. The van der Waals surface area contributed by atoms with Gasteiger partial charge in [-0.1, -0.05) is 12.1 Å². The molecule has 2 aromatic rings. The summed E-state index contributed by atoms with van der Waals surface area (Å²) < 4.78 is 13.9. The summed E-state index contributed by atoms with van der Waals surface area (Å²) in [4.78, 5) is 34.1. The monoisotopic (exact) mass is 452 g/mol. The van der Waals surface area contributed by atoms with Crippen LogP contribution in [0.3, 0.4) is 0 Å². The number of halogens is 1. The summed E-state index contributed by atoms with van der Waals surface area (Å²) in [5.41, 5.74) is 2.21. The highest BCUT2D eigenvalue weighted by Gasteiger charge is 2.46. The number of pyridine rings is 1. The number of nitrogens with zero attached hydrogens (tertiary/aromatic N) is 3. The topological polar surface area (TPSA) is 65.5 Å². The van der Waals surface area contributed by atoms with Crippen molar-refractivity contribution < 1.29 is 14.0 Å². The maximum absolute atomic E-state index is 14.1. The highest BCUT2D eigenvalue weighted by molar-refractivity contribution is 5.84. The Morgan fingerprint density at radius 2 is 1.97 bits per heavy atom. The molecule has 2 amide bonds. The maximum atomic E-state index is 14.1. The van der Waals surface area contributed by atoms with E-state index >= 15 is 0 Å². The van der Waals surface area contributed by atoms with Crippen molar-refractivity contribution in [3.63, 3.8) is 0 Å². The van der Waals surface area contributed by atoms with Gasteiger partial charge in [-0.05, 0) is 87.6 Å². The van der Waals surface area contributed by atoms with E-state index in [1.807, 2.05) is 23.1 Å². The van der Waals surface area contributed by atoms with Crippen LogP contribution >= 0.6 is 0 Å². The normalized spacial score (nSPS) is 20.6. The molecule has 6 nitrogen and oxygen atoms in total. The second kappa shape index (κ2) is 10.00. The lowest BCUT2D eigenvalue weighted by Crippen LogP contribution is -2.50. The zero-order chi connectivity index (χ0) is 23.4. The van der Waals surface area contributed by atoms with Crippen LogP contribution in [0, 0.1) is 11.2 Å². The van der Waals surface area contributed by atoms with Gasteiger partial charge in [-0.25, -0.2) is 4.39 Å². The molecule has 2 saturated heterocycles. The SMILES string of the molecule is CC(=O)NCc1cc([C@@H]2CCCN2C(=O)C2(Cc3cccc(F)c3)CCN(C)CC2)ccn1. The average Bonchev–Trinajstić information content (AvgIpc) is 3.29. The van der Waals surface area contributed by atoms with Crippen molar-refractivity contribution in [2.24, 2.45) is 5.41 Å². The third-order valence-corrected chi connectivity index (χ3v) is 7.09. The van der Waals surface area contributed by atoms with Crippen LogP contribution in [0.25, 0.3) is 0 Å². The number of hydrogen-bond acceptors (Lipinski definition) is 4. The first-order chi connectivity index (χ1) is 15.9. The molecular weight excluding hydrogens is 419 g/mol. The first-order valence-electron chi connectivity index (χ1n) is 11.8. The van der Waals surface area contributed by atoms with E-state index < -0.39 is 5.41 Å². The molecule has 1 aromatic heterocycles. The number of nitrogens with one attached hydrogen (secondary N) is 1. The summed E-state index contributed by atoms with van der Waals surface area (Å²) in [7, 11) is 2.09. The molecule has 1 aromatic carbocycles. The largest absolute Gasteiger partial charge is 0.351 e. The molecule has 2 fully saturated rings. The lowest BCUT2D eigenvalue weighted by molar-refractivity contribution is -0.146. The van der Waals surface area contributed by atoms with Crippen molar-refractivity contribution in [2.45, 2.75) is 51.6 Å². The maximum Gasteiger partial charge on any atom is 0.229 e. The summed E-state index contributed by atoms with van der Waals surface area (Å²) in [6.45, 7) is 4.31. The first kappa shape index (κ1) is 23.4. The number of likely N-dealkylation sites (tertiary alicyclic amines) is 2. The number of carbonyl (C=O) groups is 2. The van der Waals surface area contributed by atoms with Gasteiger partial charge in [0.2, 0.25) is 11.8 Å². The molecule has 2 aliphatic rings. The number of benzene rings is 1. The molecule has 1 atom stereocenters. The number of aromatic nitrogens is 1. The lowest BCUT2D eigenvalue weighted by Gasteiger charge is -2.43. The smallest absolute Gasteiger partial charge is 0.229 e. The van der Waals surface area contributed by atoms with Gasteiger partial charge in [-0.15, -0.1) is 0 Å². The molecule has 4 rings (SSSR count). The van der Waals surface area contributed by atoms with Gasteiger partial charge in [0, 0.05) is 19.7 Å². The number of piperidine rings is 1. The van der Waals surface area contributed by atoms with Gasteiger partial charge in [0.05, 0.1) is 23.7 Å². The fourth-order valence-electron chi connectivity index (χ4n) is 5.23. The van der Waals surface area contributed by atoms with Crippen molar-refractivity contribution >= 4 is 11.8 Å². The minimum Gasteiger partial charge on any atom is -0.351 e. The highest BCUT2D eigenvalue weighted by atomic mass is 19.1. The number of carbonyl (C=O) groups excluding carboxylic acids is 2. The highest BCUT2D eigenvalue weighted by Crippen LogP contribution is 2.42. The van der Waals surface area contributed by atoms with Crippen LogP contribution in [0.1, 0.15) is 55.5 Å². The minimum absolute atomic E-state index is 0.000573. The molecule has 0 radical (unpaired) electrons. The summed E-state index contributed by atoms with van der Waals surface area (Å²) in [6, 6.07) is 10.6. The van der Waals surface area contributed by atoms with E-state index in [-0.39, 0.29) is 23.7 Å². The Hall–Kier alpha value is -2.80. The van der Waals surface area contributed by atoms with E-state index in [4.69, 9.17) is 0 Å². The van der Waals surface area contributed by atoms with E-state index in [1.165, 1.54) is 13.0 Å². The van der Waals surface area contributed by atoms with Crippen LogP contribution in [0.15, 0.2) is 42.6 Å². The molecule has 0 unspecified atom stereocenters. The van der Waals surface area contributed by atoms with Gasteiger partial charge in [0.25, 0.3) is 0 Å². The van der Waals surface area contributed by atoms with Crippen molar-refractivity contribution in [1.82, 2.24) is 20.1 Å². The predicted octanol–water partition coefficient (Wildman–Crippen LogP) is 3.48. The summed E-state index contributed by atoms with van der Waals surface area (Å²) >= 11 is 0. The average molecular weight is 453 g/mol. The Morgan fingerprint density at radius 3 is 2.70 bits per heavy atom. The number of rotatable bonds is 6. The van der Waals surface area contributed by atoms with Crippen LogP contribution in [0.4, 0.5) is 4.39 Å². The van der Waals surface area contributed by atoms with Gasteiger partial charge < -0.3 is 15.1 Å². The lowest BCUT2D eigenvalue weighted by atomic mass is 9.72. The molecule has 0 bridgehead atoms. The quantitative estimate of drug-likeness (QED) is 0.729. The zero-order valence-corrected chi connectivity index (χ0v) is 19.5. The van der Waals surface area contributed by atoms with Crippen molar-refractivity contribution in [3.05, 3.63) is 65.2 Å². The summed E-state index contributed by atoms with van der Waals surface area (Å²) in [5.74, 6) is -0.172. The van der Waals surface area contributed by atoms with Crippen LogP contribution in [-0.2, 0) is 22.6 Å². The molecule has 0 saturated carbocycles. The molecule has 33 heavy (non-hydrogen) atoms. The number of amides is 2. The molecule has 7 heteroatoms. The van der Waals surface area contributed by atoms with Crippen LogP contribution in [0.2, 0.25) is 0 Å². The standard InChI is InChI=1S/C26H33FN4O2/c1-19(32)29-18-23-16-21(8-11-28-23)24-7-4-12-31(24)25(33)26(9-13-30(2)14-10-26)17-20-5-3-6-22(27)15-20/h3,5-6,8,11,15-16,24H,4,7,9-10,12-14,17-18H2,1-2H3,(H,29,32)/t24-/m0/s1.